The van der Waals surface area contributed by atoms with Crippen LogP contribution in [0.3, 0.4) is 0 Å². The molecule has 3 N–H and O–H groups in total. The Morgan fingerprint density at radius 1 is 1.44 bits per heavy atom. The molecule has 0 radical (unpaired) electrons. The van der Waals surface area contributed by atoms with Crippen molar-refractivity contribution in [3.05, 3.63) is 23.8 Å². The Bertz CT molecular complexity index is 405. The number of hydrogen-bond acceptors (Lipinski definition) is 3. The molecule has 100 valence electrons. The number of hydrogen-bond donors (Lipinski definition) is 2. The number of carbonyl (C=O) groups excluding carboxylic acids is 1. The van der Waals surface area contributed by atoms with Crippen LogP contribution in [0.4, 0.5) is 5.69 Å². The Kier molecular flexibility index (Phi) is 6.05. The zero-order valence-corrected chi connectivity index (χ0v) is 12.1. The second kappa shape index (κ2) is 7.31. The normalized spacial score (nSPS) is 10.7. The number of rotatable bonds is 6. The third kappa shape index (κ3) is 4.61. The smallest absolute Gasteiger partial charge is 0.251 e. The summed E-state index contributed by atoms with van der Waals surface area (Å²) in [6.07, 6.45) is 1.17. The molecule has 0 saturated heterocycles. The van der Waals surface area contributed by atoms with Crippen molar-refractivity contribution in [1.82, 2.24) is 5.32 Å². The molecule has 3 nitrogen and oxygen atoms in total. The van der Waals surface area contributed by atoms with Gasteiger partial charge in [0.05, 0.1) is 0 Å². The molecule has 0 spiro atoms. The number of amides is 1. The molecule has 0 unspecified atom stereocenters. The van der Waals surface area contributed by atoms with E-state index in [9.17, 15) is 4.79 Å². The lowest BCUT2D eigenvalue weighted by molar-refractivity contribution is 0.0956. The van der Waals surface area contributed by atoms with Gasteiger partial charge in [0.2, 0.25) is 0 Å². The number of benzene rings is 1. The molecule has 0 aliphatic carbocycles. The van der Waals surface area contributed by atoms with Gasteiger partial charge in [-0.25, -0.2) is 0 Å². The Labute approximate surface area is 114 Å². The highest BCUT2D eigenvalue weighted by Crippen LogP contribution is 2.27. The molecule has 0 saturated carbocycles. The van der Waals surface area contributed by atoms with Crippen LogP contribution >= 0.6 is 11.8 Å². The van der Waals surface area contributed by atoms with Gasteiger partial charge in [0.1, 0.15) is 0 Å². The fraction of sp³-hybridized carbons (Fsp3) is 0.500. The molecular formula is C14H22N2OS. The summed E-state index contributed by atoms with van der Waals surface area (Å²) in [6.45, 7) is 6.95. The van der Waals surface area contributed by atoms with Crippen LogP contribution in [0.5, 0.6) is 0 Å². The van der Waals surface area contributed by atoms with E-state index in [1.165, 1.54) is 6.42 Å². The minimum atomic E-state index is -0.0667. The van der Waals surface area contributed by atoms with Crippen molar-refractivity contribution in [2.45, 2.75) is 32.1 Å². The number of nitrogens with one attached hydrogen (secondary N) is 1. The summed E-state index contributed by atoms with van der Waals surface area (Å²) in [5.41, 5.74) is 7.29. The lowest BCUT2D eigenvalue weighted by Gasteiger charge is -2.09. The van der Waals surface area contributed by atoms with Gasteiger partial charge in [0.15, 0.2) is 0 Å². The van der Waals surface area contributed by atoms with E-state index in [0.717, 1.165) is 10.6 Å². The third-order valence-electron chi connectivity index (χ3n) is 2.56. The Hall–Kier alpha value is -1.16. The van der Waals surface area contributed by atoms with Crippen LogP contribution in [0.1, 0.15) is 37.6 Å². The van der Waals surface area contributed by atoms with Crippen LogP contribution in [0, 0.1) is 5.92 Å². The molecule has 0 aliphatic heterocycles. The average molecular weight is 266 g/mol. The average Bonchev–Trinajstić information content (AvgIpc) is 2.31. The molecule has 18 heavy (non-hydrogen) atoms. The summed E-state index contributed by atoms with van der Waals surface area (Å²) < 4.78 is 0. The second-order valence-corrected chi connectivity index (χ2v) is 5.78. The predicted molar refractivity (Wildman–Crippen MR) is 79.0 cm³/mol. The third-order valence-corrected chi connectivity index (χ3v) is 3.68. The van der Waals surface area contributed by atoms with E-state index in [1.54, 1.807) is 17.8 Å². The number of thioether (sulfide) groups is 1. The highest BCUT2D eigenvalue weighted by atomic mass is 32.2. The van der Waals surface area contributed by atoms with Crippen molar-refractivity contribution in [3.63, 3.8) is 0 Å². The summed E-state index contributed by atoms with van der Waals surface area (Å²) in [6, 6.07) is 5.52. The van der Waals surface area contributed by atoms with E-state index in [-0.39, 0.29) is 5.91 Å². The first kappa shape index (κ1) is 14.9. The summed E-state index contributed by atoms with van der Waals surface area (Å²) in [5.74, 6) is 1.69. The SMILES string of the molecule is CCNC(=O)c1ccc(SCCC(C)C)c(N)c1. The lowest BCUT2D eigenvalue weighted by Crippen LogP contribution is -2.22. The van der Waals surface area contributed by atoms with Gasteiger partial charge in [-0.1, -0.05) is 13.8 Å². The molecule has 0 bridgehead atoms. The summed E-state index contributed by atoms with van der Waals surface area (Å²) >= 11 is 1.75. The minimum Gasteiger partial charge on any atom is -0.398 e. The molecule has 1 rings (SSSR count). The molecule has 0 heterocycles. The largest absolute Gasteiger partial charge is 0.398 e. The maximum absolute atomic E-state index is 11.6. The molecule has 0 fully saturated rings. The first-order valence-electron chi connectivity index (χ1n) is 6.35. The maximum atomic E-state index is 11.6. The second-order valence-electron chi connectivity index (χ2n) is 4.64. The fourth-order valence-corrected chi connectivity index (χ4v) is 2.69. The van der Waals surface area contributed by atoms with Crippen molar-refractivity contribution in [3.8, 4) is 0 Å². The first-order valence-corrected chi connectivity index (χ1v) is 7.33. The molecule has 1 amide bonds. The number of nitrogens with two attached hydrogens (primary N) is 1. The quantitative estimate of drug-likeness (QED) is 0.614. The van der Waals surface area contributed by atoms with Crippen molar-refractivity contribution in [2.24, 2.45) is 5.92 Å². The standard InChI is InChI=1S/C14H22N2OS/c1-4-16-14(17)11-5-6-13(12(15)9-11)18-8-7-10(2)3/h5-6,9-10H,4,7-8,15H2,1-3H3,(H,16,17). The zero-order valence-electron chi connectivity index (χ0n) is 11.3. The Morgan fingerprint density at radius 3 is 2.72 bits per heavy atom. The van der Waals surface area contributed by atoms with Crippen LogP contribution in [0.25, 0.3) is 0 Å². The maximum Gasteiger partial charge on any atom is 0.251 e. The fourth-order valence-electron chi connectivity index (χ4n) is 1.49. The van der Waals surface area contributed by atoms with E-state index in [0.29, 0.717) is 23.7 Å². The summed E-state index contributed by atoms with van der Waals surface area (Å²) in [7, 11) is 0. The van der Waals surface area contributed by atoms with E-state index >= 15 is 0 Å². The summed E-state index contributed by atoms with van der Waals surface area (Å²) in [4.78, 5) is 12.7. The zero-order chi connectivity index (χ0) is 13.5. The van der Waals surface area contributed by atoms with Crippen molar-refractivity contribution < 1.29 is 4.79 Å². The minimum absolute atomic E-state index is 0.0667. The number of anilines is 1. The Morgan fingerprint density at radius 2 is 2.17 bits per heavy atom. The molecule has 0 aliphatic rings. The van der Waals surface area contributed by atoms with Gasteiger partial charge in [-0.05, 0) is 43.2 Å². The highest BCUT2D eigenvalue weighted by molar-refractivity contribution is 7.99. The predicted octanol–water partition coefficient (Wildman–Crippen LogP) is 3.16. The van der Waals surface area contributed by atoms with Gasteiger partial charge < -0.3 is 11.1 Å². The van der Waals surface area contributed by atoms with E-state index in [2.05, 4.69) is 19.2 Å². The Balaban J connectivity index is 2.65. The van der Waals surface area contributed by atoms with Gasteiger partial charge in [-0.3, -0.25) is 4.79 Å². The molecule has 0 atom stereocenters. The topological polar surface area (TPSA) is 55.1 Å². The van der Waals surface area contributed by atoms with Gasteiger partial charge in [0.25, 0.3) is 5.91 Å². The van der Waals surface area contributed by atoms with Crippen LogP contribution < -0.4 is 11.1 Å². The monoisotopic (exact) mass is 266 g/mol. The molecule has 0 aromatic heterocycles. The lowest BCUT2D eigenvalue weighted by atomic mass is 10.2. The van der Waals surface area contributed by atoms with Crippen LogP contribution in [-0.2, 0) is 0 Å². The highest BCUT2D eigenvalue weighted by Gasteiger charge is 2.07. The molecule has 4 heteroatoms. The number of carbonyl (C=O) groups is 1. The van der Waals surface area contributed by atoms with Crippen molar-refractivity contribution >= 4 is 23.4 Å². The van der Waals surface area contributed by atoms with Gasteiger partial charge in [-0.2, -0.15) is 0 Å². The van der Waals surface area contributed by atoms with E-state index in [4.69, 9.17) is 5.73 Å². The molecule has 1 aromatic carbocycles. The first-order chi connectivity index (χ1) is 8.54. The van der Waals surface area contributed by atoms with Crippen molar-refractivity contribution in [1.29, 1.82) is 0 Å². The van der Waals surface area contributed by atoms with Crippen LogP contribution in [-0.4, -0.2) is 18.2 Å². The summed E-state index contributed by atoms with van der Waals surface area (Å²) in [5, 5.41) is 2.77. The van der Waals surface area contributed by atoms with Gasteiger partial charge in [-0.15, -0.1) is 11.8 Å². The number of nitrogen functional groups attached to an aromatic ring is 1. The van der Waals surface area contributed by atoms with E-state index in [1.807, 2.05) is 19.1 Å². The van der Waals surface area contributed by atoms with Crippen LogP contribution in [0.15, 0.2) is 23.1 Å². The van der Waals surface area contributed by atoms with Crippen LogP contribution in [0.2, 0.25) is 0 Å². The van der Waals surface area contributed by atoms with E-state index < -0.39 is 0 Å². The molecule has 1 aromatic rings. The molecular weight excluding hydrogens is 244 g/mol. The van der Waals surface area contributed by atoms with Gasteiger partial charge >= 0.3 is 0 Å². The van der Waals surface area contributed by atoms with Crippen molar-refractivity contribution in [2.75, 3.05) is 18.0 Å². The van der Waals surface area contributed by atoms with Gasteiger partial charge in [0, 0.05) is 22.7 Å².